The highest BCUT2D eigenvalue weighted by atomic mass is 35.5. The highest BCUT2D eigenvalue weighted by molar-refractivity contribution is 6.42. The van der Waals surface area contributed by atoms with Gasteiger partial charge < -0.3 is 0 Å². The zero-order valence-electron chi connectivity index (χ0n) is 10.1. The molecule has 18 heavy (non-hydrogen) atoms. The fraction of sp³-hybridized carbons (Fsp3) is 0.231. The first kappa shape index (κ1) is 13.1. The summed E-state index contributed by atoms with van der Waals surface area (Å²) in [5.41, 5.74) is 1.92. The van der Waals surface area contributed by atoms with E-state index in [1.807, 2.05) is 6.92 Å². The normalized spacial score (nSPS) is 10.7. The van der Waals surface area contributed by atoms with Gasteiger partial charge >= 0.3 is 0 Å². The van der Waals surface area contributed by atoms with E-state index in [0.29, 0.717) is 27.6 Å². The molecule has 0 N–H and O–H groups in total. The van der Waals surface area contributed by atoms with E-state index in [9.17, 15) is 4.79 Å². The number of ketones is 1. The molecule has 0 amide bonds. The van der Waals surface area contributed by atoms with Crippen LogP contribution in [0.5, 0.6) is 0 Å². The van der Waals surface area contributed by atoms with Crippen LogP contribution in [-0.4, -0.2) is 15.6 Å². The summed E-state index contributed by atoms with van der Waals surface area (Å²) >= 11 is 11.8. The lowest BCUT2D eigenvalue weighted by molar-refractivity contribution is 0.103. The molecule has 0 aliphatic heterocycles. The molecule has 0 aliphatic carbocycles. The minimum Gasteiger partial charge on any atom is -0.288 e. The monoisotopic (exact) mass is 282 g/mol. The van der Waals surface area contributed by atoms with Crippen molar-refractivity contribution in [2.75, 3.05) is 0 Å². The molecule has 94 valence electrons. The number of nitrogens with zero attached hydrogens (tertiary/aromatic N) is 2. The summed E-state index contributed by atoms with van der Waals surface area (Å²) in [7, 11) is 1.80. The molecule has 1 heterocycles. The summed E-state index contributed by atoms with van der Waals surface area (Å²) in [6, 6.07) is 4.88. The Morgan fingerprint density at radius 3 is 2.67 bits per heavy atom. The van der Waals surface area contributed by atoms with E-state index in [2.05, 4.69) is 5.10 Å². The highest BCUT2D eigenvalue weighted by Gasteiger charge is 2.16. The number of halogens is 2. The van der Waals surface area contributed by atoms with Gasteiger partial charge in [0.1, 0.15) is 0 Å². The van der Waals surface area contributed by atoms with Gasteiger partial charge in [-0.15, -0.1) is 0 Å². The molecule has 0 saturated heterocycles. The molecule has 1 aromatic heterocycles. The molecule has 2 aromatic rings. The topological polar surface area (TPSA) is 34.9 Å². The van der Waals surface area contributed by atoms with Gasteiger partial charge in [-0.25, -0.2) is 0 Å². The largest absolute Gasteiger partial charge is 0.288 e. The molecule has 0 bridgehead atoms. The van der Waals surface area contributed by atoms with Crippen molar-refractivity contribution in [2.45, 2.75) is 13.3 Å². The average molecular weight is 283 g/mol. The third-order valence-corrected chi connectivity index (χ3v) is 3.41. The van der Waals surface area contributed by atoms with Gasteiger partial charge in [-0.3, -0.25) is 9.48 Å². The van der Waals surface area contributed by atoms with Crippen LogP contribution < -0.4 is 0 Å². The fourth-order valence-electron chi connectivity index (χ4n) is 1.78. The second-order valence-electron chi connectivity index (χ2n) is 3.97. The van der Waals surface area contributed by atoms with Gasteiger partial charge in [0, 0.05) is 18.8 Å². The van der Waals surface area contributed by atoms with Crippen molar-refractivity contribution in [3.8, 4) is 0 Å². The van der Waals surface area contributed by atoms with Crippen LogP contribution in [0.1, 0.15) is 28.5 Å². The van der Waals surface area contributed by atoms with Crippen molar-refractivity contribution < 1.29 is 4.79 Å². The first-order chi connectivity index (χ1) is 8.52. The molecular weight excluding hydrogens is 271 g/mol. The number of aromatic nitrogens is 2. The predicted octanol–water partition coefficient (Wildman–Crippen LogP) is 3.52. The Labute approximate surface area is 115 Å². The number of hydrogen-bond acceptors (Lipinski definition) is 2. The Morgan fingerprint density at radius 2 is 2.06 bits per heavy atom. The van der Waals surface area contributed by atoms with E-state index >= 15 is 0 Å². The van der Waals surface area contributed by atoms with Crippen molar-refractivity contribution in [3.05, 3.63) is 51.3 Å². The first-order valence-corrected chi connectivity index (χ1v) is 6.30. The van der Waals surface area contributed by atoms with Crippen molar-refractivity contribution in [1.82, 2.24) is 9.78 Å². The lowest BCUT2D eigenvalue weighted by atomic mass is 10.0. The van der Waals surface area contributed by atoms with Crippen LogP contribution in [-0.2, 0) is 13.5 Å². The Bertz CT molecular complexity index is 605. The summed E-state index contributed by atoms with van der Waals surface area (Å²) < 4.78 is 1.64. The fourth-order valence-corrected chi connectivity index (χ4v) is 2.08. The van der Waals surface area contributed by atoms with Gasteiger partial charge in [0.2, 0.25) is 0 Å². The van der Waals surface area contributed by atoms with E-state index in [4.69, 9.17) is 23.2 Å². The van der Waals surface area contributed by atoms with E-state index in [-0.39, 0.29) is 5.78 Å². The SMILES string of the molecule is CCc1nn(C)cc1C(=O)c1ccc(Cl)c(Cl)c1. The standard InChI is InChI=1S/C13H12Cl2N2O/c1-3-12-9(7-17(2)16-12)13(18)8-4-5-10(14)11(15)6-8/h4-7H,3H2,1-2H3. The molecule has 2 rings (SSSR count). The number of benzene rings is 1. The molecule has 0 aliphatic rings. The molecule has 0 atom stereocenters. The van der Waals surface area contributed by atoms with Crippen LogP contribution in [0.4, 0.5) is 0 Å². The second-order valence-corrected chi connectivity index (χ2v) is 4.79. The molecule has 0 radical (unpaired) electrons. The Hall–Kier alpha value is -1.32. The van der Waals surface area contributed by atoms with Crippen molar-refractivity contribution in [3.63, 3.8) is 0 Å². The summed E-state index contributed by atoms with van der Waals surface area (Å²) in [4.78, 5) is 12.3. The maximum absolute atomic E-state index is 12.3. The second kappa shape index (κ2) is 5.12. The van der Waals surface area contributed by atoms with Crippen LogP contribution in [0, 0.1) is 0 Å². The zero-order chi connectivity index (χ0) is 13.3. The van der Waals surface area contributed by atoms with Crippen LogP contribution in [0.2, 0.25) is 10.0 Å². The molecular formula is C13H12Cl2N2O. The maximum atomic E-state index is 12.3. The summed E-state index contributed by atoms with van der Waals surface area (Å²) in [5, 5.41) is 5.07. The predicted molar refractivity (Wildman–Crippen MR) is 72.5 cm³/mol. The zero-order valence-corrected chi connectivity index (χ0v) is 11.6. The molecule has 1 aromatic carbocycles. The van der Waals surface area contributed by atoms with Crippen LogP contribution in [0.3, 0.4) is 0 Å². The molecule has 3 nitrogen and oxygen atoms in total. The summed E-state index contributed by atoms with van der Waals surface area (Å²) in [6.45, 7) is 1.97. The van der Waals surface area contributed by atoms with E-state index in [1.54, 1.807) is 36.1 Å². The number of carbonyl (C=O) groups is 1. The Morgan fingerprint density at radius 1 is 1.33 bits per heavy atom. The van der Waals surface area contributed by atoms with Crippen molar-refractivity contribution in [1.29, 1.82) is 0 Å². The van der Waals surface area contributed by atoms with Crippen LogP contribution in [0.15, 0.2) is 24.4 Å². The van der Waals surface area contributed by atoms with E-state index in [1.165, 1.54) is 0 Å². The quantitative estimate of drug-likeness (QED) is 0.808. The van der Waals surface area contributed by atoms with Crippen molar-refractivity contribution >= 4 is 29.0 Å². The Kier molecular flexibility index (Phi) is 3.73. The molecule has 0 spiro atoms. The number of aryl methyl sites for hydroxylation is 2. The summed E-state index contributed by atoms with van der Waals surface area (Å²) in [6.07, 6.45) is 2.44. The first-order valence-electron chi connectivity index (χ1n) is 5.55. The van der Waals surface area contributed by atoms with Gasteiger partial charge in [0.15, 0.2) is 5.78 Å². The molecule has 0 saturated carbocycles. The summed E-state index contributed by atoms with van der Waals surface area (Å²) in [5.74, 6) is -0.0847. The third-order valence-electron chi connectivity index (χ3n) is 2.67. The smallest absolute Gasteiger partial charge is 0.196 e. The van der Waals surface area contributed by atoms with Crippen LogP contribution >= 0.6 is 23.2 Å². The third kappa shape index (κ3) is 2.42. The lowest BCUT2D eigenvalue weighted by Gasteiger charge is -2.02. The molecule has 0 fully saturated rings. The average Bonchev–Trinajstić information content (AvgIpc) is 2.73. The van der Waals surface area contributed by atoms with Gasteiger partial charge in [-0.05, 0) is 24.6 Å². The minimum absolute atomic E-state index is 0.0847. The van der Waals surface area contributed by atoms with Gasteiger partial charge in [-0.1, -0.05) is 30.1 Å². The van der Waals surface area contributed by atoms with Gasteiger partial charge in [-0.2, -0.15) is 5.10 Å². The van der Waals surface area contributed by atoms with E-state index < -0.39 is 0 Å². The van der Waals surface area contributed by atoms with Crippen molar-refractivity contribution in [2.24, 2.45) is 7.05 Å². The molecule has 5 heteroatoms. The van der Waals surface area contributed by atoms with E-state index in [0.717, 1.165) is 5.69 Å². The van der Waals surface area contributed by atoms with Gasteiger partial charge in [0.25, 0.3) is 0 Å². The Balaban J connectivity index is 2.44. The maximum Gasteiger partial charge on any atom is 0.196 e. The van der Waals surface area contributed by atoms with Crippen LogP contribution in [0.25, 0.3) is 0 Å². The number of rotatable bonds is 3. The molecule has 0 unspecified atom stereocenters. The number of hydrogen-bond donors (Lipinski definition) is 0. The highest BCUT2D eigenvalue weighted by Crippen LogP contribution is 2.24. The lowest BCUT2D eigenvalue weighted by Crippen LogP contribution is -2.03. The van der Waals surface area contributed by atoms with Gasteiger partial charge in [0.05, 0.1) is 21.3 Å². The number of carbonyl (C=O) groups excluding carboxylic acids is 1. The minimum atomic E-state index is -0.0847.